The van der Waals surface area contributed by atoms with E-state index in [-0.39, 0.29) is 6.09 Å². The second kappa shape index (κ2) is 6.94. The second-order valence-corrected chi connectivity index (χ2v) is 4.22. The van der Waals surface area contributed by atoms with E-state index < -0.39 is 0 Å². The standard InChI is InChI=1S/C14H21NO2/c1-4-5-6-10-17-14(16)15-13-9-7-8-11(2)12(13)3/h7-9H,4-6,10H2,1-3H3,(H,15,16). The topological polar surface area (TPSA) is 38.3 Å². The summed E-state index contributed by atoms with van der Waals surface area (Å²) in [5, 5.41) is 2.77. The summed E-state index contributed by atoms with van der Waals surface area (Å²) in [6.45, 7) is 6.62. The molecular weight excluding hydrogens is 214 g/mol. The van der Waals surface area contributed by atoms with E-state index in [1.165, 1.54) is 0 Å². The van der Waals surface area contributed by atoms with Gasteiger partial charge in [-0.15, -0.1) is 0 Å². The van der Waals surface area contributed by atoms with Crippen LogP contribution < -0.4 is 5.32 Å². The first kappa shape index (κ1) is 13.6. The zero-order valence-electron chi connectivity index (χ0n) is 10.9. The predicted molar refractivity (Wildman–Crippen MR) is 70.4 cm³/mol. The van der Waals surface area contributed by atoms with E-state index in [2.05, 4.69) is 12.2 Å². The Morgan fingerprint density at radius 1 is 1.29 bits per heavy atom. The van der Waals surface area contributed by atoms with Crippen LogP contribution in [0.4, 0.5) is 10.5 Å². The molecular formula is C14H21NO2. The second-order valence-electron chi connectivity index (χ2n) is 4.22. The van der Waals surface area contributed by atoms with Gasteiger partial charge in [0.05, 0.1) is 6.61 Å². The molecule has 0 aliphatic rings. The van der Waals surface area contributed by atoms with Crippen molar-refractivity contribution >= 4 is 11.8 Å². The van der Waals surface area contributed by atoms with Crippen LogP contribution in [0.1, 0.15) is 37.3 Å². The van der Waals surface area contributed by atoms with E-state index in [0.717, 1.165) is 36.1 Å². The van der Waals surface area contributed by atoms with Gasteiger partial charge in [0.1, 0.15) is 0 Å². The van der Waals surface area contributed by atoms with Gasteiger partial charge in [0.2, 0.25) is 0 Å². The first-order chi connectivity index (χ1) is 8.15. The molecule has 3 heteroatoms. The highest BCUT2D eigenvalue weighted by Crippen LogP contribution is 2.17. The van der Waals surface area contributed by atoms with E-state index in [0.29, 0.717) is 6.61 Å². The molecule has 1 rings (SSSR count). The number of nitrogens with one attached hydrogen (secondary N) is 1. The molecule has 0 bridgehead atoms. The van der Waals surface area contributed by atoms with Gasteiger partial charge in [-0.1, -0.05) is 31.9 Å². The SMILES string of the molecule is CCCCCOC(=O)Nc1cccc(C)c1C. The lowest BCUT2D eigenvalue weighted by Crippen LogP contribution is -2.15. The normalized spacial score (nSPS) is 10.1. The molecule has 0 saturated heterocycles. The number of benzene rings is 1. The minimum Gasteiger partial charge on any atom is -0.449 e. The fraction of sp³-hybridized carbons (Fsp3) is 0.500. The zero-order valence-corrected chi connectivity index (χ0v) is 10.9. The number of carbonyl (C=O) groups excluding carboxylic acids is 1. The van der Waals surface area contributed by atoms with Gasteiger partial charge >= 0.3 is 6.09 Å². The number of amides is 1. The van der Waals surface area contributed by atoms with E-state index in [1.54, 1.807) is 0 Å². The van der Waals surface area contributed by atoms with Crippen LogP contribution >= 0.6 is 0 Å². The minimum atomic E-state index is -0.366. The number of anilines is 1. The molecule has 0 atom stereocenters. The van der Waals surface area contributed by atoms with Crippen LogP contribution in [0.3, 0.4) is 0 Å². The van der Waals surface area contributed by atoms with Crippen LogP contribution in [-0.4, -0.2) is 12.7 Å². The Labute approximate surface area is 103 Å². The first-order valence-electron chi connectivity index (χ1n) is 6.15. The van der Waals surface area contributed by atoms with E-state index in [9.17, 15) is 4.79 Å². The molecule has 0 radical (unpaired) electrons. The van der Waals surface area contributed by atoms with E-state index in [4.69, 9.17) is 4.74 Å². The molecule has 94 valence electrons. The molecule has 0 aromatic heterocycles. The molecule has 17 heavy (non-hydrogen) atoms. The molecule has 0 aliphatic heterocycles. The van der Waals surface area contributed by atoms with Crippen LogP contribution in [0.25, 0.3) is 0 Å². The summed E-state index contributed by atoms with van der Waals surface area (Å²) in [6, 6.07) is 5.83. The number of carbonyl (C=O) groups is 1. The highest BCUT2D eigenvalue weighted by atomic mass is 16.5. The minimum absolute atomic E-state index is 0.366. The summed E-state index contributed by atoms with van der Waals surface area (Å²) in [5.41, 5.74) is 3.07. The Bertz CT molecular complexity index is 374. The van der Waals surface area contributed by atoms with Crippen molar-refractivity contribution < 1.29 is 9.53 Å². The highest BCUT2D eigenvalue weighted by Gasteiger charge is 2.06. The average molecular weight is 235 g/mol. The zero-order chi connectivity index (χ0) is 12.7. The van der Waals surface area contributed by atoms with Gasteiger partial charge in [0.15, 0.2) is 0 Å². The third-order valence-corrected chi connectivity index (χ3v) is 2.82. The maximum atomic E-state index is 11.5. The van der Waals surface area contributed by atoms with Crippen molar-refractivity contribution in [3.05, 3.63) is 29.3 Å². The first-order valence-corrected chi connectivity index (χ1v) is 6.15. The van der Waals surface area contributed by atoms with Gasteiger partial charge < -0.3 is 4.74 Å². The predicted octanol–water partition coefficient (Wildman–Crippen LogP) is 4.04. The maximum absolute atomic E-state index is 11.5. The van der Waals surface area contributed by atoms with Gasteiger partial charge in [-0.05, 0) is 37.5 Å². The van der Waals surface area contributed by atoms with Crippen LogP contribution in [0.5, 0.6) is 0 Å². The van der Waals surface area contributed by atoms with Crippen molar-refractivity contribution in [3.8, 4) is 0 Å². The quantitative estimate of drug-likeness (QED) is 0.782. The van der Waals surface area contributed by atoms with E-state index in [1.807, 2.05) is 32.0 Å². The Morgan fingerprint density at radius 2 is 2.06 bits per heavy atom. The number of aryl methyl sites for hydroxylation is 1. The lowest BCUT2D eigenvalue weighted by molar-refractivity contribution is 0.159. The number of hydrogen-bond donors (Lipinski definition) is 1. The summed E-state index contributed by atoms with van der Waals surface area (Å²) in [5.74, 6) is 0. The lowest BCUT2D eigenvalue weighted by atomic mass is 10.1. The Morgan fingerprint density at radius 3 is 2.76 bits per heavy atom. The molecule has 0 fully saturated rings. The smallest absolute Gasteiger partial charge is 0.411 e. The third-order valence-electron chi connectivity index (χ3n) is 2.82. The summed E-state index contributed by atoms with van der Waals surface area (Å²) in [4.78, 5) is 11.5. The van der Waals surface area contributed by atoms with Crippen molar-refractivity contribution in [1.29, 1.82) is 0 Å². The lowest BCUT2D eigenvalue weighted by Gasteiger charge is -2.10. The Kier molecular flexibility index (Phi) is 5.53. The molecule has 0 aliphatic carbocycles. The van der Waals surface area contributed by atoms with Crippen molar-refractivity contribution in [2.45, 2.75) is 40.0 Å². The van der Waals surface area contributed by atoms with Crippen molar-refractivity contribution in [3.63, 3.8) is 0 Å². The molecule has 1 aromatic rings. The van der Waals surface area contributed by atoms with Gasteiger partial charge in [0, 0.05) is 5.69 Å². The van der Waals surface area contributed by atoms with Gasteiger partial charge in [-0.3, -0.25) is 5.32 Å². The molecule has 0 saturated carbocycles. The van der Waals surface area contributed by atoms with Crippen LogP contribution in [-0.2, 0) is 4.74 Å². The van der Waals surface area contributed by atoms with Gasteiger partial charge in [-0.2, -0.15) is 0 Å². The summed E-state index contributed by atoms with van der Waals surface area (Å²) < 4.78 is 5.09. The molecule has 0 unspecified atom stereocenters. The number of ether oxygens (including phenoxy) is 1. The van der Waals surface area contributed by atoms with Crippen molar-refractivity contribution in [2.24, 2.45) is 0 Å². The van der Waals surface area contributed by atoms with Gasteiger partial charge in [-0.25, -0.2) is 4.79 Å². The summed E-state index contributed by atoms with van der Waals surface area (Å²) >= 11 is 0. The van der Waals surface area contributed by atoms with E-state index >= 15 is 0 Å². The Balaban J connectivity index is 2.43. The van der Waals surface area contributed by atoms with Gasteiger partial charge in [0.25, 0.3) is 0 Å². The maximum Gasteiger partial charge on any atom is 0.411 e. The fourth-order valence-electron chi connectivity index (χ4n) is 1.55. The number of hydrogen-bond acceptors (Lipinski definition) is 2. The number of unbranched alkanes of at least 4 members (excludes halogenated alkanes) is 2. The Hall–Kier alpha value is -1.51. The van der Waals surface area contributed by atoms with Crippen LogP contribution in [0.15, 0.2) is 18.2 Å². The molecule has 0 heterocycles. The van der Waals surface area contributed by atoms with Crippen LogP contribution in [0.2, 0.25) is 0 Å². The monoisotopic (exact) mass is 235 g/mol. The van der Waals surface area contributed by atoms with Crippen molar-refractivity contribution in [2.75, 3.05) is 11.9 Å². The third kappa shape index (κ3) is 4.47. The molecule has 3 nitrogen and oxygen atoms in total. The fourth-order valence-corrected chi connectivity index (χ4v) is 1.55. The summed E-state index contributed by atoms with van der Waals surface area (Å²) in [7, 11) is 0. The van der Waals surface area contributed by atoms with Crippen LogP contribution in [0, 0.1) is 13.8 Å². The average Bonchev–Trinajstić information content (AvgIpc) is 2.31. The molecule has 0 spiro atoms. The molecule has 1 N–H and O–H groups in total. The van der Waals surface area contributed by atoms with Crippen molar-refractivity contribution in [1.82, 2.24) is 0 Å². The summed E-state index contributed by atoms with van der Waals surface area (Å²) in [6.07, 6.45) is 2.78. The number of rotatable bonds is 5. The largest absolute Gasteiger partial charge is 0.449 e. The highest BCUT2D eigenvalue weighted by molar-refractivity contribution is 5.85. The molecule has 1 amide bonds. The molecule has 1 aromatic carbocycles.